The molecule has 0 saturated heterocycles. The van der Waals surface area contributed by atoms with Crippen LogP contribution in [0, 0.1) is 11.3 Å². The highest BCUT2D eigenvalue weighted by atomic mass is 35.5. The minimum absolute atomic E-state index is 0.347. The van der Waals surface area contributed by atoms with Crippen LogP contribution in [0.5, 0.6) is 0 Å². The van der Waals surface area contributed by atoms with E-state index in [0.29, 0.717) is 28.8 Å². The molecule has 0 aliphatic heterocycles. The fourth-order valence-corrected chi connectivity index (χ4v) is 2.21. The van der Waals surface area contributed by atoms with Crippen LogP contribution >= 0.6 is 11.6 Å². The van der Waals surface area contributed by atoms with E-state index in [1.165, 1.54) is 0 Å². The molecule has 0 amide bonds. The van der Waals surface area contributed by atoms with Crippen LogP contribution in [-0.2, 0) is 6.42 Å². The van der Waals surface area contributed by atoms with Crippen molar-refractivity contribution in [3.05, 3.63) is 59.1 Å². The molecule has 0 atom stereocenters. The van der Waals surface area contributed by atoms with E-state index in [1.807, 2.05) is 42.5 Å². The Kier molecular flexibility index (Phi) is 3.67. The van der Waals surface area contributed by atoms with Crippen molar-refractivity contribution in [2.45, 2.75) is 6.42 Å². The van der Waals surface area contributed by atoms with E-state index in [0.717, 1.165) is 11.1 Å². The zero-order valence-corrected chi connectivity index (χ0v) is 11.7. The van der Waals surface area contributed by atoms with Gasteiger partial charge in [0.05, 0.1) is 23.1 Å². The summed E-state index contributed by atoms with van der Waals surface area (Å²) in [5.41, 5.74) is 2.40. The van der Waals surface area contributed by atoms with E-state index < -0.39 is 0 Å². The lowest BCUT2D eigenvalue weighted by atomic mass is 10.1. The van der Waals surface area contributed by atoms with Gasteiger partial charge < -0.3 is 4.42 Å². The standard InChI is InChI=1S/C16H10ClN3O/c17-14-7-2-1-6-13(14)16-20-19-15(21-16)12-5-3-4-11(10-12)8-9-18/h1-7,10H,8H2. The zero-order chi connectivity index (χ0) is 14.7. The summed E-state index contributed by atoms with van der Waals surface area (Å²) >= 11 is 6.12. The molecule has 102 valence electrons. The highest BCUT2D eigenvalue weighted by Crippen LogP contribution is 2.29. The van der Waals surface area contributed by atoms with E-state index in [2.05, 4.69) is 16.3 Å². The van der Waals surface area contributed by atoms with E-state index in [-0.39, 0.29) is 0 Å². The molecule has 0 fully saturated rings. The molecule has 0 radical (unpaired) electrons. The topological polar surface area (TPSA) is 62.7 Å². The quantitative estimate of drug-likeness (QED) is 0.729. The van der Waals surface area contributed by atoms with E-state index in [9.17, 15) is 0 Å². The van der Waals surface area contributed by atoms with Gasteiger partial charge in [-0.05, 0) is 29.8 Å². The minimum atomic E-state index is 0.347. The van der Waals surface area contributed by atoms with Crippen LogP contribution in [0.4, 0.5) is 0 Å². The lowest BCUT2D eigenvalue weighted by Gasteiger charge is -1.99. The minimum Gasteiger partial charge on any atom is -0.416 e. The summed E-state index contributed by atoms with van der Waals surface area (Å²) in [6.45, 7) is 0. The van der Waals surface area contributed by atoms with E-state index in [1.54, 1.807) is 6.07 Å². The number of halogens is 1. The Morgan fingerprint density at radius 2 is 1.86 bits per heavy atom. The van der Waals surface area contributed by atoms with Crippen LogP contribution in [-0.4, -0.2) is 10.2 Å². The van der Waals surface area contributed by atoms with Crippen LogP contribution in [0.15, 0.2) is 52.9 Å². The summed E-state index contributed by atoms with van der Waals surface area (Å²) in [5, 5.41) is 17.4. The smallest absolute Gasteiger partial charge is 0.249 e. The van der Waals surface area contributed by atoms with Crippen LogP contribution in [0.2, 0.25) is 5.02 Å². The molecule has 3 rings (SSSR count). The summed E-state index contributed by atoms with van der Waals surface area (Å²) in [6, 6.07) is 16.9. The maximum atomic E-state index is 8.75. The molecule has 3 aromatic rings. The first-order valence-corrected chi connectivity index (χ1v) is 6.70. The second-order valence-electron chi connectivity index (χ2n) is 4.43. The average molecular weight is 296 g/mol. The highest BCUT2D eigenvalue weighted by Gasteiger charge is 2.12. The van der Waals surface area contributed by atoms with Crippen molar-refractivity contribution in [2.75, 3.05) is 0 Å². The fourth-order valence-electron chi connectivity index (χ4n) is 1.99. The monoisotopic (exact) mass is 295 g/mol. The maximum Gasteiger partial charge on any atom is 0.249 e. The van der Waals surface area contributed by atoms with Gasteiger partial charge in [-0.15, -0.1) is 10.2 Å². The molecule has 0 spiro atoms. The Labute approximate surface area is 126 Å². The Morgan fingerprint density at radius 1 is 1.05 bits per heavy atom. The first-order chi connectivity index (χ1) is 10.3. The molecule has 21 heavy (non-hydrogen) atoms. The van der Waals surface area contributed by atoms with Gasteiger partial charge in [-0.25, -0.2) is 0 Å². The van der Waals surface area contributed by atoms with Crippen molar-refractivity contribution < 1.29 is 4.42 Å². The van der Waals surface area contributed by atoms with Crippen LogP contribution in [0.3, 0.4) is 0 Å². The number of aromatic nitrogens is 2. The zero-order valence-electron chi connectivity index (χ0n) is 11.0. The molecular formula is C16H10ClN3O. The second-order valence-corrected chi connectivity index (χ2v) is 4.83. The highest BCUT2D eigenvalue weighted by molar-refractivity contribution is 6.33. The Morgan fingerprint density at radius 3 is 2.67 bits per heavy atom. The number of nitrogens with zero attached hydrogens (tertiary/aromatic N) is 3. The van der Waals surface area contributed by atoms with Gasteiger partial charge in [0.15, 0.2) is 0 Å². The van der Waals surface area contributed by atoms with Crippen LogP contribution < -0.4 is 0 Å². The third-order valence-corrected chi connectivity index (χ3v) is 3.32. The van der Waals surface area contributed by atoms with Gasteiger partial charge in [0.2, 0.25) is 11.8 Å². The summed E-state index contributed by atoms with van der Waals surface area (Å²) in [7, 11) is 0. The largest absolute Gasteiger partial charge is 0.416 e. The third kappa shape index (κ3) is 2.78. The van der Waals surface area contributed by atoms with Crippen molar-refractivity contribution >= 4 is 11.6 Å². The molecule has 0 aliphatic carbocycles. The van der Waals surface area contributed by atoms with Crippen LogP contribution in [0.25, 0.3) is 22.9 Å². The van der Waals surface area contributed by atoms with Crippen LogP contribution in [0.1, 0.15) is 5.56 Å². The Balaban J connectivity index is 1.97. The van der Waals surface area contributed by atoms with Crippen molar-refractivity contribution in [3.8, 4) is 29.0 Å². The van der Waals surface area contributed by atoms with Crippen molar-refractivity contribution in [1.29, 1.82) is 5.26 Å². The number of benzene rings is 2. The van der Waals surface area contributed by atoms with Gasteiger partial charge in [-0.2, -0.15) is 5.26 Å². The molecule has 0 unspecified atom stereocenters. The fraction of sp³-hybridized carbons (Fsp3) is 0.0625. The first kappa shape index (κ1) is 13.3. The van der Waals surface area contributed by atoms with E-state index in [4.69, 9.17) is 21.3 Å². The van der Waals surface area contributed by atoms with Gasteiger partial charge in [-0.3, -0.25) is 0 Å². The van der Waals surface area contributed by atoms with Gasteiger partial charge in [0.1, 0.15) is 0 Å². The second kappa shape index (κ2) is 5.78. The average Bonchev–Trinajstić information content (AvgIpc) is 2.98. The number of hydrogen-bond acceptors (Lipinski definition) is 4. The predicted octanol–water partition coefficient (Wildman–Crippen LogP) is 4.12. The number of hydrogen-bond donors (Lipinski definition) is 0. The molecule has 5 heteroatoms. The van der Waals surface area contributed by atoms with Gasteiger partial charge >= 0.3 is 0 Å². The number of nitriles is 1. The summed E-state index contributed by atoms with van der Waals surface area (Å²) in [4.78, 5) is 0. The number of rotatable bonds is 3. The molecule has 2 aromatic carbocycles. The Bertz CT molecular complexity index is 820. The van der Waals surface area contributed by atoms with Gasteiger partial charge in [0, 0.05) is 5.56 Å². The third-order valence-electron chi connectivity index (χ3n) is 2.99. The summed E-state index contributed by atoms with van der Waals surface area (Å²) in [6.07, 6.45) is 0.347. The SMILES string of the molecule is N#CCc1cccc(-c2nnc(-c3ccccc3Cl)o2)c1. The van der Waals surface area contributed by atoms with Gasteiger partial charge in [0.25, 0.3) is 0 Å². The molecule has 0 N–H and O–H groups in total. The molecule has 0 bridgehead atoms. The molecule has 0 saturated carbocycles. The van der Waals surface area contributed by atoms with Gasteiger partial charge in [-0.1, -0.05) is 35.9 Å². The molecule has 0 aliphatic rings. The summed E-state index contributed by atoms with van der Waals surface area (Å²) in [5.74, 6) is 0.783. The molecule has 1 heterocycles. The normalized spacial score (nSPS) is 10.3. The molecular weight excluding hydrogens is 286 g/mol. The Hall–Kier alpha value is -2.64. The predicted molar refractivity (Wildman–Crippen MR) is 79.5 cm³/mol. The molecule has 1 aromatic heterocycles. The summed E-state index contributed by atoms with van der Waals surface area (Å²) < 4.78 is 5.68. The van der Waals surface area contributed by atoms with Crippen molar-refractivity contribution in [3.63, 3.8) is 0 Å². The first-order valence-electron chi connectivity index (χ1n) is 6.32. The van der Waals surface area contributed by atoms with Crippen molar-refractivity contribution in [2.24, 2.45) is 0 Å². The van der Waals surface area contributed by atoms with E-state index >= 15 is 0 Å². The lowest BCUT2D eigenvalue weighted by molar-refractivity contribution is 0.584. The maximum absolute atomic E-state index is 8.75. The molecule has 4 nitrogen and oxygen atoms in total. The lowest BCUT2D eigenvalue weighted by Crippen LogP contribution is -1.83. The van der Waals surface area contributed by atoms with Crippen molar-refractivity contribution in [1.82, 2.24) is 10.2 Å².